The molecule has 0 aliphatic carbocycles. The van der Waals surface area contributed by atoms with Gasteiger partial charge in [-0.25, -0.2) is 12.7 Å². The van der Waals surface area contributed by atoms with Gasteiger partial charge in [0.15, 0.2) is 0 Å². The van der Waals surface area contributed by atoms with Gasteiger partial charge in [0.25, 0.3) is 0 Å². The molecule has 0 spiro atoms. The normalized spacial score (nSPS) is 17.9. The molecule has 1 atom stereocenters. The molecule has 174 valence electrons. The Morgan fingerprint density at radius 1 is 1.12 bits per heavy atom. The van der Waals surface area contributed by atoms with Crippen LogP contribution in [0.15, 0.2) is 36.4 Å². The molecule has 1 aliphatic rings. The van der Waals surface area contributed by atoms with Crippen molar-refractivity contribution in [2.75, 3.05) is 18.4 Å². The van der Waals surface area contributed by atoms with E-state index in [2.05, 4.69) is 5.32 Å². The minimum absolute atomic E-state index is 0.122. The summed E-state index contributed by atoms with van der Waals surface area (Å²) in [4.78, 5) is 12.7. The monoisotopic (exact) mass is 528 g/mol. The Balaban J connectivity index is 1.76. The van der Waals surface area contributed by atoms with Crippen LogP contribution in [0, 0.1) is 5.92 Å². The first-order chi connectivity index (χ1) is 14.9. The van der Waals surface area contributed by atoms with Crippen LogP contribution >= 0.6 is 34.8 Å². The van der Waals surface area contributed by atoms with E-state index in [-0.39, 0.29) is 33.7 Å². The Morgan fingerprint density at radius 3 is 2.41 bits per heavy atom. The van der Waals surface area contributed by atoms with Crippen LogP contribution in [-0.4, -0.2) is 31.7 Å². The Bertz CT molecular complexity index is 1110. The topological polar surface area (TPSA) is 66.5 Å². The summed E-state index contributed by atoms with van der Waals surface area (Å²) in [7, 11) is -3.87. The lowest BCUT2D eigenvalue weighted by Crippen LogP contribution is -2.44. The molecule has 5 nitrogen and oxygen atoms in total. The molecule has 1 amide bonds. The van der Waals surface area contributed by atoms with Gasteiger partial charge in [0, 0.05) is 33.7 Å². The van der Waals surface area contributed by atoms with E-state index in [1.54, 1.807) is 6.07 Å². The van der Waals surface area contributed by atoms with Crippen LogP contribution in [0.4, 0.5) is 18.9 Å². The molecule has 2 aromatic rings. The number of hydrogen-bond acceptors (Lipinski definition) is 3. The smallest absolute Gasteiger partial charge is 0.325 e. The number of nitrogens with zero attached hydrogens (tertiary/aromatic N) is 1. The molecule has 1 heterocycles. The third-order valence-corrected chi connectivity index (χ3v) is 7.80. The second kappa shape index (κ2) is 9.77. The predicted octanol–water partition coefficient (Wildman–Crippen LogP) is 5.85. The highest BCUT2D eigenvalue weighted by Gasteiger charge is 2.36. The molecule has 0 radical (unpaired) electrons. The number of amides is 1. The van der Waals surface area contributed by atoms with Gasteiger partial charge in [-0.1, -0.05) is 40.9 Å². The number of carbonyl (C=O) groups is 1. The lowest BCUT2D eigenvalue weighted by molar-refractivity contribution is -0.137. The van der Waals surface area contributed by atoms with E-state index in [0.717, 1.165) is 16.4 Å². The number of sulfonamides is 1. The van der Waals surface area contributed by atoms with Gasteiger partial charge in [-0.05, 0) is 43.2 Å². The van der Waals surface area contributed by atoms with Gasteiger partial charge in [-0.3, -0.25) is 4.79 Å². The van der Waals surface area contributed by atoms with Crippen molar-refractivity contribution in [3.63, 3.8) is 0 Å². The van der Waals surface area contributed by atoms with Gasteiger partial charge in [0.1, 0.15) is 0 Å². The number of rotatable bonds is 5. The maximum atomic E-state index is 13.3. The zero-order valence-corrected chi connectivity index (χ0v) is 19.5. The first kappa shape index (κ1) is 25.1. The molecule has 1 fully saturated rings. The van der Waals surface area contributed by atoms with E-state index in [1.165, 1.54) is 18.2 Å². The van der Waals surface area contributed by atoms with Crippen molar-refractivity contribution in [3.05, 3.63) is 62.6 Å². The maximum Gasteiger partial charge on any atom is 0.418 e. The van der Waals surface area contributed by atoms with E-state index < -0.39 is 45.0 Å². The number of halogens is 6. The zero-order valence-electron chi connectivity index (χ0n) is 16.4. The highest BCUT2D eigenvalue weighted by Crippen LogP contribution is 2.37. The molecule has 0 aromatic heterocycles. The number of piperidine rings is 1. The van der Waals surface area contributed by atoms with E-state index in [9.17, 15) is 26.4 Å². The Labute approximate surface area is 198 Å². The Hall–Kier alpha value is -1.52. The lowest BCUT2D eigenvalue weighted by atomic mass is 9.98. The van der Waals surface area contributed by atoms with Crippen molar-refractivity contribution in [2.45, 2.75) is 24.8 Å². The number of benzene rings is 2. The first-order valence-electron chi connectivity index (χ1n) is 9.47. The van der Waals surface area contributed by atoms with Gasteiger partial charge in [-0.2, -0.15) is 13.2 Å². The molecule has 0 bridgehead atoms. The van der Waals surface area contributed by atoms with Crippen LogP contribution < -0.4 is 5.32 Å². The summed E-state index contributed by atoms with van der Waals surface area (Å²) >= 11 is 17.8. The van der Waals surface area contributed by atoms with E-state index in [1.807, 2.05) is 0 Å². The lowest BCUT2D eigenvalue weighted by Gasteiger charge is -2.31. The molecular weight excluding hydrogens is 512 g/mol. The molecule has 1 saturated heterocycles. The number of anilines is 1. The van der Waals surface area contributed by atoms with E-state index >= 15 is 0 Å². The first-order valence-corrected chi connectivity index (χ1v) is 12.2. The van der Waals surface area contributed by atoms with Gasteiger partial charge < -0.3 is 5.32 Å². The molecule has 0 saturated carbocycles. The second-order valence-corrected chi connectivity index (χ2v) is 10.6. The van der Waals surface area contributed by atoms with Gasteiger partial charge in [-0.15, -0.1) is 0 Å². The predicted molar refractivity (Wildman–Crippen MR) is 118 cm³/mol. The van der Waals surface area contributed by atoms with Crippen LogP contribution in [-0.2, 0) is 26.7 Å². The molecule has 12 heteroatoms. The summed E-state index contributed by atoms with van der Waals surface area (Å²) in [6.07, 6.45) is -4.01. The fourth-order valence-electron chi connectivity index (χ4n) is 3.45. The average molecular weight is 530 g/mol. The van der Waals surface area contributed by atoms with Crippen molar-refractivity contribution >= 4 is 56.4 Å². The van der Waals surface area contributed by atoms with Crippen molar-refractivity contribution in [1.29, 1.82) is 0 Å². The molecule has 1 N–H and O–H groups in total. The summed E-state index contributed by atoms with van der Waals surface area (Å²) in [5.74, 6) is -1.97. The molecule has 1 aliphatic heterocycles. The Morgan fingerprint density at radius 2 is 1.78 bits per heavy atom. The zero-order chi connectivity index (χ0) is 23.7. The van der Waals surface area contributed by atoms with Gasteiger partial charge in [0.05, 0.1) is 22.9 Å². The minimum atomic E-state index is -4.72. The summed E-state index contributed by atoms with van der Waals surface area (Å²) in [6, 6.07) is 7.66. The van der Waals surface area contributed by atoms with Crippen molar-refractivity contribution in [3.8, 4) is 0 Å². The number of alkyl halides is 3. The van der Waals surface area contributed by atoms with Crippen LogP contribution in [0.3, 0.4) is 0 Å². The van der Waals surface area contributed by atoms with Crippen LogP contribution in [0.25, 0.3) is 0 Å². The standard InChI is InChI=1S/C20H18Cl3F3N2O3S/c21-13-6-7-18(15(9-13)20(24,25)26)27-19(29)12-3-2-8-28(10-12)32(30,31)11-14-16(22)4-1-5-17(14)23/h1,4-7,9,12H,2-3,8,10-11H2,(H,27,29). The highest BCUT2D eigenvalue weighted by atomic mass is 35.5. The minimum Gasteiger partial charge on any atom is -0.325 e. The highest BCUT2D eigenvalue weighted by molar-refractivity contribution is 7.88. The maximum absolute atomic E-state index is 13.3. The van der Waals surface area contributed by atoms with Crippen LogP contribution in [0.5, 0.6) is 0 Å². The Kier molecular flexibility index (Phi) is 7.66. The van der Waals surface area contributed by atoms with Gasteiger partial charge in [0.2, 0.25) is 15.9 Å². The summed E-state index contributed by atoms with van der Waals surface area (Å²) in [5.41, 5.74) is -1.26. The van der Waals surface area contributed by atoms with Crippen molar-refractivity contribution < 1.29 is 26.4 Å². The van der Waals surface area contributed by atoms with Crippen molar-refractivity contribution in [1.82, 2.24) is 4.31 Å². The third-order valence-electron chi connectivity index (χ3n) is 5.08. The largest absolute Gasteiger partial charge is 0.418 e. The number of nitrogens with one attached hydrogen (secondary N) is 1. The fraction of sp³-hybridized carbons (Fsp3) is 0.350. The summed E-state index contributed by atoms with van der Waals surface area (Å²) in [6.45, 7) is 0.0219. The molecule has 3 rings (SSSR count). The van der Waals surface area contributed by atoms with E-state index in [0.29, 0.717) is 12.8 Å². The second-order valence-electron chi connectivity index (χ2n) is 7.33. The molecule has 32 heavy (non-hydrogen) atoms. The molecule has 2 aromatic carbocycles. The van der Waals surface area contributed by atoms with Gasteiger partial charge >= 0.3 is 6.18 Å². The van der Waals surface area contributed by atoms with Crippen molar-refractivity contribution in [2.24, 2.45) is 5.92 Å². The van der Waals surface area contributed by atoms with E-state index in [4.69, 9.17) is 34.8 Å². The molecular formula is C20H18Cl3F3N2O3S. The number of hydrogen-bond donors (Lipinski definition) is 1. The SMILES string of the molecule is O=C(Nc1ccc(Cl)cc1C(F)(F)F)C1CCCN(S(=O)(=O)Cc2c(Cl)cccc2Cl)C1. The average Bonchev–Trinajstić information content (AvgIpc) is 2.71. The quantitative estimate of drug-likeness (QED) is 0.529. The third kappa shape index (κ3) is 5.88. The van der Waals surface area contributed by atoms with Crippen LogP contribution in [0.1, 0.15) is 24.0 Å². The number of carbonyl (C=O) groups excluding carboxylic acids is 1. The summed E-state index contributed by atoms with van der Waals surface area (Å²) < 4.78 is 66.9. The fourth-order valence-corrected chi connectivity index (χ4v) is 5.98. The summed E-state index contributed by atoms with van der Waals surface area (Å²) in [5, 5.41) is 2.56. The van der Waals surface area contributed by atoms with Crippen LogP contribution in [0.2, 0.25) is 15.1 Å². The molecule has 1 unspecified atom stereocenters.